The second-order valence-electron chi connectivity index (χ2n) is 5.44. The molecule has 1 saturated carbocycles. The molecule has 1 aliphatic heterocycles. The smallest absolute Gasteiger partial charge is 0.337 e. The minimum atomic E-state index is -0.963. The first-order chi connectivity index (χ1) is 9.06. The van der Waals surface area contributed by atoms with E-state index in [1.807, 2.05) is 0 Å². The Morgan fingerprint density at radius 3 is 2.79 bits per heavy atom. The zero-order valence-corrected chi connectivity index (χ0v) is 11.2. The number of halogens is 1. The van der Waals surface area contributed by atoms with Crippen LogP contribution < -0.4 is 4.90 Å². The van der Waals surface area contributed by atoms with Gasteiger partial charge in [-0.25, -0.2) is 4.79 Å². The minimum Gasteiger partial charge on any atom is -0.478 e. The minimum absolute atomic E-state index is 0.238. The molecular weight excluding hydrogens is 266 g/mol. The Kier molecular flexibility index (Phi) is 3.15. The average Bonchev–Trinajstić information content (AvgIpc) is 2.92. The Hall–Kier alpha value is -1.26. The molecule has 1 saturated heterocycles. The molecule has 2 aliphatic rings. The third-order valence-corrected chi connectivity index (χ3v) is 4.58. The molecule has 0 aromatic heterocycles. The second kappa shape index (κ2) is 4.69. The van der Waals surface area contributed by atoms with E-state index in [4.69, 9.17) is 11.6 Å². The number of aliphatic hydroxyl groups excluding tert-OH is 1. The van der Waals surface area contributed by atoms with Crippen LogP contribution in [-0.4, -0.2) is 35.4 Å². The SMILES string of the molecule is O=C(O)c1cc(Cl)ccc1N1CC2CCC(O)C2C1. The van der Waals surface area contributed by atoms with Crippen LogP contribution in [0.4, 0.5) is 5.69 Å². The van der Waals surface area contributed by atoms with Crippen LogP contribution in [0.5, 0.6) is 0 Å². The summed E-state index contributed by atoms with van der Waals surface area (Å²) in [5.41, 5.74) is 0.945. The van der Waals surface area contributed by atoms with Gasteiger partial charge in [0.25, 0.3) is 0 Å². The van der Waals surface area contributed by atoms with Crippen molar-refractivity contribution in [2.24, 2.45) is 11.8 Å². The van der Waals surface area contributed by atoms with E-state index in [0.29, 0.717) is 16.6 Å². The fraction of sp³-hybridized carbons (Fsp3) is 0.500. The molecule has 4 nitrogen and oxygen atoms in total. The van der Waals surface area contributed by atoms with Crippen molar-refractivity contribution in [3.8, 4) is 0 Å². The first-order valence-corrected chi connectivity index (χ1v) is 6.90. The van der Waals surface area contributed by atoms with Crippen molar-refractivity contribution in [2.45, 2.75) is 18.9 Å². The van der Waals surface area contributed by atoms with Crippen LogP contribution >= 0.6 is 11.6 Å². The van der Waals surface area contributed by atoms with Crippen LogP contribution in [0.3, 0.4) is 0 Å². The molecule has 102 valence electrons. The molecule has 0 radical (unpaired) electrons. The first kappa shape index (κ1) is 12.8. The number of aliphatic hydroxyl groups is 1. The summed E-state index contributed by atoms with van der Waals surface area (Å²) in [6, 6.07) is 4.97. The molecular formula is C14H16ClNO3. The summed E-state index contributed by atoms with van der Waals surface area (Å²) < 4.78 is 0. The number of fused-ring (bicyclic) bond motifs is 1. The van der Waals surface area contributed by atoms with E-state index in [2.05, 4.69) is 4.90 Å². The fourth-order valence-electron chi connectivity index (χ4n) is 3.39. The third-order valence-electron chi connectivity index (χ3n) is 4.35. The van der Waals surface area contributed by atoms with Crippen LogP contribution in [-0.2, 0) is 0 Å². The van der Waals surface area contributed by atoms with Gasteiger partial charge in [-0.15, -0.1) is 0 Å². The first-order valence-electron chi connectivity index (χ1n) is 6.52. The molecule has 1 heterocycles. The molecule has 2 N–H and O–H groups in total. The monoisotopic (exact) mass is 281 g/mol. The summed E-state index contributed by atoms with van der Waals surface area (Å²) in [4.78, 5) is 13.4. The predicted octanol–water partition coefficient (Wildman–Crippen LogP) is 2.25. The van der Waals surface area contributed by atoms with Gasteiger partial charge in [0, 0.05) is 24.0 Å². The Morgan fingerprint density at radius 1 is 1.32 bits per heavy atom. The number of carbonyl (C=O) groups is 1. The summed E-state index contributed by atoms with van der Waals surface area (Å²) in [7, 11) is 0. The van der Waals surface area contributed by atoms with E-state index in [9.17, 15) is 15.0 Å². The number of carboxylic acid groups (broad SMARTS) is 1. The molecule has 3 atom stereocenters. The van der Waals surface area contributed by atoms with Gasteiger partial charge in [0.2, 0.25) is 0 Å². The highest BCUT2D eigenvalue weighted by molar-refractivity contribution is 6.31. The van der Waals surface area contributed by atoms with Gasteiger partial charge in [0.1, 0.15) is 0 Å². The zero-order chi connectivity index (χ0) is 13.6. The molecule has 0 amide bonds. The van der Waals surface area contributed by atoms with E-state index in [-0.39, 0.29) is 17.6 Å². The number of rotatable bonds is 2. The normalized spacial score (nSPS) is 29.6. The number of carboxylic acids is 1. The number of nitrogens with zero attached hydrogens (tertiary/aromatic N) is 1. The van der Waals surface area contributed by atoms with Crippen LogP contribution in [0.1, 0.15) is 23.2 Å². The van der Waals surface area contributed by atoms with Crippen molar-refractivity contribution in [3.05, 3.63) is 28.8 Å². The topological polar surface area (TPSA) is 60.8 Å². The van der Waals surface area contributed by atoms with E-state index in [1.54, 1.807) is 12.1 Å². The van der Waals surface area contributed by atoms with Crippen molar-refractivity contribution >= 4 is 23.3 Å². The summed E-state index contributed by atoms with van der Waals surface area (Å²) >= 11 is 5.86. The lowest BCUT2D eigenvalue weighted by Gasteiger charge is -2.22. The van der Waals surface area contributed by atoms with Crippen LogP contribution in [0.2, 0.25) is 5.02 Å². The summed E-state index contributed by atoms with van der Waals surface area (Å²) in [5, 5.41) is 19.6. The number of hydrogen-bond donors (Lipinski definition) is 2. The standard InChI is InChI=1S/C14H16ClNO3/c15-9-2-3-12(10(5-9)14(18)19)16-6-8-1-4-13(17)11(8)7-16/h2-3,5,8,11,13,17H,1,4,6-7H2,(H,18,19). The van der Waals surface area contributed by atoms with Gasteiger partial charge < -0.3 is 15.1 Å². The van der Waals surface area contributed by atoms with Gasteiger partial charge in [-0.3, -0.25) is 0 Å². The van der Waals surface area contributed by atoms with Crippen molar-refractivity contribution in [3.63, 3.8) is 0 Å². The molecule has 0 spiro atoms. The van der Waals surface area contributed by atoms with E-state index >= 15 is 0 Å². The number of anilines is 1. The zero-order valence-electron chi connectivity index (χ0n) is 10.4. The molecule has 3 rings (SSSR count). The molecule has 3 unspecified atom stereocenters. The summed E-state index contributed by atoms with van der Waals surface area (Å²) in [6.45, 7) is 1.55. The van der Waals surface area contributed by atoms with E-state index < -0.39 is 5.97 Å². The number of hydrogen-bond acceptors (Lipinski definition) is 3. The van der Waals surface area contributed by atoms with Crippen molar-refractivity contribution in [2.75, 3.05) is 18.0 Å². The Morgan fingerprint density at radius 2 is 2.11 bits per heavy atom. The molecule has 19 heavy (non-hydrogen) atoms. The summed E-state index contributed by atoms with van der Waals surface area (Å²) in [6.07, 6.45) is 1.66. The maximum atomic E-state index is 11.3. The maximum absolute atomic E-state index is 11.3. The third kappa shape index (κ3) is 2.19. The lowest BCUT2D eigenvalue weighted by molar-refractivity contribution is 0.0697. The van der Waals surface area contributed by atoms with Crippen molar-refractivity contribution in [1.29, 1.82) is 0 Å². The maximum Gasteiger partial charge on any atom is 0.337 e. The number of aromatic carboxylic acids is 1. The average molecular weight is 282 g/mol. The fourth-order valence-corrected chi connectivity index (χ4v) is 3.56. The van der Waals surface area contributed by atoms with Crippen LogP contribution in [0.25, 0.3) is 0 Å². The molecule has 5 heteroatoms. The van der Waals surface area contributed by atoms with Crippen molar-refractivity contribution < 1.29 is 15.0 Å². The molecule has 1 aromatic carbocycles. The van der Waals surface area contributed by atoms with Gasteiger partial charge in [-0.05, 0) is 37.0 Å². The van der Waals surface area contributed by atoms with Crippen LogP contribution in [0.15, 0.2) is 18.2 Å². The molecule has 2 fully saturated rings. The van der Waals surface area contributed by atoms with Crippen LogP contribution in [0, 0.1) is 11.8 Å². The van der Waals surface area contributed by atoms with E-state index in [0.717, 1.165) is 25.9 Å². The lowest BCUT2D eigenvalue weighted by atomic mass is 10.00. The van der Waals surface area contributed by atoms with Gasteiger partial charge in [0.05, 0.1) is 17.4 Å². The largest absolute Gasteiger partial charge is 0.478 e. The molecule has 0 bridgehead atoms. The van der Waals surface area contributed by atoms with Gasteiger partial charge in [0.15, 0.2) is 0 Å². The van der Waals surface area contributed by atoms with E-state index in [1.165, 1.54) is 6.07 Å². The highest BCUT2D eigenvalue weighted by Gasteiger charge is 2.42. The predicted molar refractivity (Wildman–Crippen MR) is 72.8 cm³/mol. The lowest BCUT2D eigenvalue weighted by Crippen LogP contribution is -2.25. The Balaban J connectivity index is 1.90. The van der Waals surface area contributed by atoms with Gasteiger partial charge in [-0.2, -0.15) is 0 Å². The summed E-state index contributed by atoms with van der Waals surface area (Å²) in [5.74, 6) is -0.209. The molecule has 1 aromatic rings. The quantitative estimate of drug-likeness (QED) is 0.873. The highest BCUT2D eigenvalue weighted by atomic mass is 35.5. The van der Waals surface area contributed by atoms with Gasteiger partial charge >= 0.3 is 5.97 Å². The van der Waals surface area contributed by atoms with Crippen molar-refractivity contribution in [1.82, 2.24) is 0 Å². The second-order valence-corrected chi connectivity index (χ2v) is 5.88. The number of benzene rings is 1. The Bertz CT molecular complexity index is 519. The van der Waals surface area contributed by atoms with Gasteiger partial charge in [-0.1, -0.05) is 11.6 Å². The Labute approximate surface area is 116 Å². The highest BCUT2D eigenvalue weighted by Crippen LogP contribution is 2.40. The molecule has 1 aliphatic carbocycles.